The zero-order valence-electron chi connectivity index (χ0n) is 15.4. The van der Waals surface area contributed by atoms with Crippen LogP contribution in [-0.4, -0.2) is 18.7 Å². The number of carbonyl (C=O) groups excluding carboxylic acids is 1. The zero-order valence-corrected chi connectivity index (χ0v) is 15.4. The summed E-state index contributed by atoms with van der Waals surface area (Å²) in [5, 5.41) is 0.364. The summed E-state index contributed by atoms with van der Waals surface area (Å²) < 4.78 is 22.0. The van der Waals surface area contributed by atoms with Crippen LogP contribution < -0.4 is 14.9 Å². The lowest BCUT2D eigenvalue weighted by Crippen LogP contribution is -2.26. The first-order valence-electron chi connectivity index (χ1n) is 8.63. The van der Waals surface area contributed by atoms with E-state index in [0.29, 0.717) is 28.2 Å². The topological polar surface area (TPSA) is 75.0 Å². The van der Waals surface area contributed by atoms with Crippen LogP contribution >= 0.6 is 0 Å². The van der Waals surface area contributed by atoms with Gasteiger partial charge in [0.1, 0.15) is 22.8 Å². The first-order chi connectivity index (χ1) is 13.0. The standard InChI is InChI=1S/C21H20O6/c1-4-24-21(23)14(3)25-16-10-11-17-18(12-16)26-13(2)20(19(17)22)27-15-8-6-5-7-9-15/h5-12,14H,4H2,1-3H3/t14-/m1/s1. The van der Waals surface area contributed by atoms with E-state index in [1.54, 1.807) is 51.1 Å². The van der Waals surface area contributed by atoms with Crippen LogP contribution in [0, 0.1) is 6.92 Å². The predicted molar refractivity (Wildman–Crippen MR) is 100 cm³/mol. The number of esters is 1. The summed E-state index contributed by atoms with van der Waals surface area (Å²) in [7, 11) is 0. The van der Waals surface area contributed by atoms with Crippen molar-refractivity contribution in [3.63, 3.8) is 0 Å². The van der Waals surface area contributed by atoms with Crippen LogP contribution in [0.15, 0.2) is 57.7 Å². The van der Waals surface area contributed by atoms with Gasteiger partial charge in [0.05, 0.1) is 12.0 Å². The van der Waals surface area contributed by atoms with Gasteiger partial charge in [-0.1, -0.05) is 18.2 Å². The third-order valence-corrected chi connectivity index (χ3v) is 3.88. The van der Waals surface area contributed by atoms with Gasteiger partial charge in [0, 0.05) is 6.07 Å². The van der Waals surface area contributed by atoms with E-state index in [4.69, 9.17) is 18.6 Å². The molecule has 0 aliphatic carbocycles. The van der Waals surface area contributed by atoms with Gasteiger partial charge in [-0.3, -0.25) is 4.79 Å². The molecule has 0 bridgehead atoms. The van der Waals surface area contributed by atoms with Gasteiger partial charge in [-0.2, -0.15) is 0 Å². The Morgan fingerprint density at radius 2 is 1.85 bits per heavy atom. The Morgan fingerprint density at radius 3 is 2.56 bits per heavy atom. The van der Waals surface area contributed by atoms with Crippen molar-refractivity contribution in [2.24, 2.45) is 0 Å². The predicted octanol–water partition coefficient (Wildman–Crippen LogP) is 4.22. The van der Waals surface area contributed by atoms with Gasteiger partial charge in [0.15, 0.2) is 6.10 Å². The molecule has 0 spiro atoms. The molecule has 6 heteroatoms. The number of hydrogen-bond acceptors (Lipinski definition) is 6. The highest BCUT2D eigenvalue weighted by Gasteiger charge is 2.18. The highest BCUT2D eigenvalue weighted by molar-refractivity contribution is 5.80. The highest BCUT2D eigenvalue weighted by atomic mass is 16.6. The Bertz CT molecular complexity index is 1010. The molecule has 6 nitrogen and oxygen atoms in total. The summed E-state index contributed by atoms with van der Waals surface area (Å²) in [6.45, 7) is 5.27. The lowest BCUT2D eigenvalue weighted by Gasteiger charge is -2.14. The molecule has 140 valence electrons. The van der Waals surface area contributed by atoms with Crippen LogP contribution in [0.2, 0.25) is 0 Å². The molecule has 0 fully saturated rings. The average molecular weight is 368 g/mol. The molecule has 0 saturated carbocycles. The van der Waals surface area contributed by atoms with Crippen molar-refractivity contribution in [2.45, 2.75) is 26.9 Å². The highest BCUT2D eigenvalue weighted by Crippen LogP contribution is 2.27. The Kier molecular flexibility index (Phi) is 5.45. The fraction of sp³-hybridized carbons (Fsp3) is 0.238. The molecule has 27 heavy (non-hydrogen) atoms. The number of hydrogen-bond donors (Lipinski definition) is 0. The van der Waals surface area contributed by atoms with E-state index in [2.05, 4.69) is 0 Å². The van der Waals surface area contributed by atoms with E-state index in [1.807, 2.05) is 18.2 Å². The van der Waals surface area contributed by atoms with Gasteiger partial charge < -0.3 is 18.6 Å². The van der Waals surface area contributed by atoms with Gasteiger partial charge in [-0.05, 0) is 45.0 Å². The molecule has 0 unspecified atom stereocenters. The zero-order chi connectivity index (χ0) is 19.4. The summed E-state index contributed by atoms with van der Waals surface area (Å²) >= 11 is 0. The maximum atomic E-state index is 12.8. The first-order valence-corrected chi connectivity index (χ1v) is 8.63. The van der Waals surface area contributed by atoms with Crippen molar-refractivity contribution < 1.29 is 23.4 Å². The molecule has 0 aliphatic heterocycles. The fourth-order valence-electron chi connectivity index (χ4n) is 2.58. The van der Waals surface area contributed by atoms with Crippen LogP contribution in [0.3, 0.4) is 0 Å². The van der Waals surface area contributed by atoms with Crippen LogP contribution in [0.4, 0.5) is 0 Å². The van der Waals surface area contributed by atoms with E-state index in [1.165, 1.54) is 0 Å². The van der Waals surface area contributed by atoms with Crippen molar-refractivity contribution in [3.8, 4) is 17.2 Å². The molecule has 0 amide bonds. The Labute approximate surface area is 156 Å². The number of rotatable bonds is 6. The Balaban J connectivity index is 1.91. The lowest BCUT2D eigenvalue weighted by atomic mass is 10.2. The second-order valence-corrected chi connectivity index (χ2v) is 5.90. The summed E-state index contributed by atoms with van der Waals surface area (Å²) in [5.74, 6) is 0.994. The molecule has 0 N–H and O–H groups in total. The van der Waals surface area contributed by atoms with Gasteiger partial charge in [-0.15, -0.1) is 0 Å². The maximum absolute atomic E-state index is 12.8. The number of carbonyl (C=O) groups is 1. The van der Waals surface area contributed by atoms with Crippen molar-refractivity contribution in [3.05, 3.63) is 64.5 Å². The Morgan fingerprint density at radius 1 is 1.11 bits per heavy atom. The molecule has 2 aromatic carbocycles. The van der Waals surface area contributed by atoms with Crippen molar-refractivity contribution in [1.29, 1.82) is 0 Å². The minimum Gasteiger partial charge on any atom is -0.479 e. The lowest BCUT2D eigenvalue weighted by molar-refractivity contribution is -0.150. The second kappa shape index (κ2) is 7.95. The summed E-state index contributed by atoms with van der Waals surface area (Å²) in [6.07, 6.45) is -0.768. The van der Waals surface area contributed by atoms with E-state index in [9.17, 15) is 9.59 Å². The molecular weight excluding hydrogens is 348 g/mol. The number of ether oxygens (including phenoxy) is 3. The SMILES string of the molecule is CCOC(=O)[C@@H](C)Oc1ccc2c(=O)c(Oc3ccccc3)c(C)oc2c1. The molecule has 0 saturated heterocycles. The van der Waals surface area contributed by atoms with Crippen molar-refractivity contribution in [2.75, 3.05) is 6.61 Å². The van der Waals surface area contributed by atoms with Crippen LogP contribution in [0.25, 0.3) is 11.0 Å². The second-order valence-electron chi connectivity index (χ2n) is 5.90. The third kappa shape index (κ3) is 4.11. The minimum absolute atomic E-state index is 0.141. The van der Waals surface area contributed by atoms with Crippen LogP contribution in [0.5, 0.6) is 17.2 Å². The normalized spacial score (nSPS) is 11.8. The minimum atomic E-state index is -0.768. The van der Waals surface area contributed by atoms with Gasteiger partial charge >= 0.3 is 5.97 Å². The quantitative estimate of drug-likeness (QED) is 0.606. The van der Waals surface area contributed by atoms with Crippen LogP contribution in [0.1, 0.15) is 19.6 Å². The molecule has 0 radical (unpaired) electrons. The molecule has 3 rings (SSSR count). The monoisotopic (exact) mass is 368 g/mol. The van der Waals surface area contributed by atoms with E-state index >= 15 is 0 Å². The maximum Gasteiger partial charge on any atom is 0.347 e. The number of benzene rings is 2. The number of fused-ring (bicyclic) bond motifs is 1. The van der Waals surface area contributed by atoms with Crippen molar-refractivity contribution >= 4 is 16.9 Å². The van der Waals surface area contributed by atoms with Gasteiger partial charge in [0.2, 0.25) is 11.2 Å². The number of para-hydroxylation sites is 1. The smallest absolute Gasteiger partial charge is 0.347 e. The fourth-order valence-corrected chi connectivity index (χ4v) is 2.58. The first kappa shape index (κ1) is 18.5. The van der Waals surface area contributed by atoms with E-state index < -0.39 is 12.1 Å². The van der Waals surface area contributed by atoms with Crippen LogP contribution in [-0.2, 0) is 9.53 Å². The van der Waals surface area contributed by atoms with E-state index in [0.717, 1.165) is 0 Å². The molecule has 1 atom stereocenters. The molecular formula is C21H20O6. The van der Waals surface area contributed by atoms with E-state index in [-0.39, 0.29) is 17.8 Å². The largest absolute Gasteiger partial charge is 0.479 e. The summed E-state index contributed by atoms with van der Waals surface area (Å²) in [4.78, 5) is 24.5. The number of aryl methyl sites for hydroxylation is 1. The molecule has 1 heterocycles. The molecule has 3 aromatic rings. The summed E-state index contributed by atoms with van der Waals surface area (Å²) in [5.41, 5.74) is 0.0778. The van der Waals surface area contributed by atoms with Crippen molar-refractivity contribution in [1.82, 2.24) is 0 Å². The summed E-state index contributed by atoms with van der Waals surface area (Å²) in [6, 6.07) is 13.8. The van der Waals surface area contributed by atoms with Gasteiger partial charge in [-0.25, -0.2) is 4.79 Å². The molecule has 0 aliphatic rings. The Hall–Kier alpha value is -3.28. The third-order valence-electron chi connectivity index (χ3n) is 3.88. The average Bonchev–Trinajstić information content (AvgIpc) is 2.66. The molecule has 1 aromatic heterocycles. The van der Waals surface area contributed by atoms with Gasteiger partial charge in [0.25, 0.3) is 0 Å².